The molecule has 0 radical (unpaired) electrons. The summed E-state index contributed by atoms with van der Waals surface area (Å²) in [6.45, 7) is 4.07. The average Bonchev–Trinajstić information content (AvgIpc) is 2.83. The van der Waals surface area contributed by atoms with Crippen LogP contribution in [0.5, 0.6) is 0 Å². The lowest BCUT2D eigenvalue weighted by Gasteiger charge is -2.01. The van der Waals surface area contributed by atoms with E-state index in [-0.39, 0.29) is 5.97 Å². The number of hydrogen-bond acceptors (Lipinski definition) is 2. The lowest BCUT2D eigenvalue weighted by molar-refractivity contribution is -0.130. The molecule has 21 heavy (non-hydrogen) atoms. The monoisotopic (exact) mass is 276 g/mol. The molecule has 0 N–H and O–H groups in total. The molecule has 0 bridgehead atoms. The summed E-state index contributed by atoms with van der Waals surface area (Å²) in [5.74, 6) is 0.310. The van der Waals surface area contributed by atoms with Crippen molar-refractivity contribution in [3.05, 3.63) is 82.4 Å². The van der Waals surface area contributed by atoms with Gasteiger partial charge in [-0.05, 0) is 31.6 Å². The number of carbonyl (C=O) groups is 1. The molecule has 0 spiro atoms. The smallest absolute Gasteiger partial charge is 0.343 e. The number of cyclic esters (lactones) is 1. The summed E-state index contributed by atoms with van der Waals surface area (Å²) >= 11 is 0. The van der Waals surface area contributed by atoms with Crippen LogP contribution in [0.1, 0.15) is 22.3 Å². The van der Waals surface area contributed by atoms with Crippen molar-refractivity contribution < 1.29 is 9.53 Å². The largest absolute Gasteiger partial charge is 0.422 e. The highest BCUT2D eigenvalue weighted by atomic mass is 16.5. The fourth-order valence-corrected chi connectivity index (χ4v) is 2.19. The zero-order chi connectivity index (χ0) is 14.8. The summed E-state index contributed by atoms with van der Waals surface area (Å²) in [5, 5.41) is 0. The van der Waals surface area contributed by atoms with Crippen LogP contribution in [-0.2, 0) is 9.53 Å². The third-order valence-corrected chi connectivity index (χ3v) is 3.46. The molecule has 0 saturated carbocycles. The van der Waals surface area contributed by atoms with Crippen molar-refractivity contribution in [1.29, 1.82) is 0 Å². The number of rotatable bonds is 2. The molecule has 0 saturated heterocycles. The predicted octanol–water partition coefficient (Wildman–Crippen LogP) is 4.28. The molecule has 0 amide bonds. The minimum atomic E-state index is -0.300. The van der Waals surface area contributed by atoms with Crippen molar-refractivity contribution in [2.45, 2.75) is 13.8 Å². The fraction of sp³-hybridized carbons (Fsp3) is 0.105. The molecule has 0 fully saturated rings. The van der Waals surface area contributed by atoms with E-state index in [1.54, 1.807) is 6.08 Å². The molecule has 0 atom stereocenters. The highest BCUT2D eigenvalue weighted by molar-refractivity contribution is 6.05. The van der Waals surface area contributed by atoms with Crippen molar-refractivity contribution >= 4 is 17.8 Å². The van der Waals surface area contributed by atoms with Crippen LogP contribution in [0.2, 0.25) is 0 Å². The Morgan fingerprint density at radius 3 is 2.05 bits per heavy atom. The summed E-state index contributed by atoms with van der Waals surface area (Å²) in [4.78, 5) is 12.0. The van der Waals surface area contributed by atoms with E-state index in [1.165, 1.54) is 11.1 Å². The molecule has 1 heterocycles. The minimum Gasteiger partial charge on any atom is -0.422 e. The van der Waals surface area contributed by atoms with E-state index in [0.717, 1.165) is 11.1 Å². The van der Waals surface area contributed by atoms with Gasteiger partial charge >= 0.3 is 5.97 Å². The van der Waals surface area contributed by atoms with Crippen LogP contribution in [0.3, 0.4) is 0 Å². The van der Waals surface area contributed by atoms with Gasteiger partial charge in [0.05, 0.1) is 5.57 Å². The van der Waals surface area contributed by atoms with Crippen molar-refractivity contribution in [2.75, 3.05) is 0 Å². The molecule has 0 aliphatic carbocycles. The van der Waals surface area contributed by atoms with Crippen LogP contribution in [0.25, 0.3) is 11.8 Å². The molecule has 2 aromatic carbocycles. The van der Waals surface area contributed by atoms with Crippen LogP contribution in [-0.4, -0.2) is 5.97 Å². The maximum Gasteiger partial charge on any atom is 0.343 e. The second-order valence-corrected chi connectivity index (χ2v) is 5.27. The zero-order valence-electron chi connectivity index (χ0n) is 12.1. The van der Waals surface area contributed by atoms with Crippen LogP contribution in [0.15, 0.2) is 60.2 Å². The van der Waals surface area contributed by atoms with E-state index in [0.29, 0.717) is 11.3 Å². The first-order chi connectivity index (χ1) is 10.1. The minimum absolute atomic E-state index is 0.300. The van der Waals surface area contributed by atoms with Crippen LogP contribution >= 0.6 is 0 Å². The summed E-state index contributed by atoms with van der Waals surface area (Å²) in [7, 11) is 0. The Kier molecular flexibility index (Phi) is 3.44. The Morgan fingerprint density at radius 2 is 1.43 bits per heavy atom. The average molecular weight is 276 g/mol. The van der Waals surface area contributed by atoms with E-state index in [2.05, 4.69) is 0 Å². The Balaban J connectivity index is 1.91. The van der Waals surface area contributed by atoms with Crippen LogP contribution < -0.4 is 0 Å². The molecule has 1 aliphatic rings. The Bertz CT molecular complexity index is 732. The van der Waals surface area contributed by atoms with Crippen LogP contribution in [0, 0.1) is 13.8 Å². The Labute approximate surface area is 124 Å². The molecule has 1 aliphatic heterocycles. The van der Waals surface area contributed by atoms with E-state index >= 15 is 0 Å². The number of hydrogen-bond donors (Lipinski definition) is 0. The van der Waals surface area contributed by atoms with Gasteiger partial charge in [-0.3, -0.25) is 0 Å². The molecule has 2 aromatic rings. The van der Waals surface area contributed by atoms with Crippen molar-refractivity contribution in [3.63, 3.8) is 0 Å². The van der Waals surface area contributed by atoms with Crippen molar-refractivity contribution in [2.24, 2.45) is 0 Å². The first-order valence-electron chi connectivity index (χ1n) is 6.91. The van der Waals surface area contributed by atoms with E-state index in [9.17, 15) is 4.79 Å². The number of benzene rings is 2. The number of aryl methyl sites for hydroxylation is 2. The normalized spacial score (nSPS) is 16.0. The van der Waals surface area contributed by atoms with Gasteiger partial charge in [0.2, 0.25) is 0 Å². The molecule has 0 unspecified atom stereocenters. The van der Waals surface area contributed by atoms with E-state index in [4.69, 9.17) is 4.74 Å². The van der Waals surface area contributed by atoms with Gasteiger partial charge in [0, 0.05) is 5.56 Å². The van der Waals surface area contributed by atoms with E-state index in [1.807, 2.05) is 68.5 Å². The predicted molar refractivity (Wildman–Crippen MR) is 84.4 cm³/mol. The molecule has 3 rings (SSSR count). The Hall–Kier alpha value is -2.61. The summed E-state index contributed by atoms with van der Waals surface area (Å²) in [6.07, 6.45) is 3.65. The second kappa shape index (κ2) is 5.41. The molecule has 0 aromatic heterocycles. The second-order valence-electron chi connectivity index (χ2n) is 5.27. The van der Waals surface area contributed by atoms with Crippen molar-refractivity contribution in [3.8, 4) is 0 Å². The molecular formula is C19H16O2. The summed E-state index contributed by atoms with van der Waals surface area (Å²) in [5.41, 5.74) is 4.87. The summed E-state index contributed by atoms with van der Waals surface area (Å²) < 4.78 is 5.35. The first-order valence-corrected chi connectivity index (χ1v) is 6.91. The van der Waals surface area contributed by atoms with Gasteiger partial charge in [0.1, 0.15) is 5.76 Å². The van der Waals surface area contributed by atoms with Crippen molar-refractivity contribution in [1.82, 2.24) is 0 Å². The number of esters is 1. The molecule has 2 nitrogen and oxygen atoms in total. The van der Waals surface area contributed by atoms with Gasteiger partial charge in [-0.1, -0.05) is 59.7 Å². The highest BCUT2D eigenvalue weighted by Crippen LogP contribution is 2.27. The zero-order valence-corrected chi connectivity index (χ0v) is 12.1. The number of ether oxygens (including phenoxy) is 1. The first kappa shape index (κ1) is 13.4. The SMILES string of the molecule is Cc1ccc(/C=C2\C=C(c3ccc(C)cc3)OC2=O)cc1. The highest BCUT2D eigenvalue weighted by Gasteiger charge is 2.21. The fourth-order valence-electron chi connectivity index (χ4n) is 2.19. The molecule has 104 valence electrons. The quantitative estimate of drug-likeness (QED) is 0.604. The van der Waals surface area contributed by atoms with Gasteiger partial charge < -0.3 is 4.74 Å². The molecule has 2 heteroatoms. The van der Waals surface area contributed by atoms with E-state index < -0.39 is 0 Å². The lowest BCUT2D eigenvalue weighted by Crippen LogP contribution is -1.97. The topological polar surface area (TPSA) is 26.3 Å². The lowest BCUT2D eigenvalue weighted by atomic mass is 10.1. The maximum absolute atomic E-state index is 12.0. The third kappa shape index (κ3) is 2.95. The maximum atomic E-state index is 12.0. The van der Waals surface area contributed by atoms with Gasteiger partial charge in [0.15, 0.2) is 0 Å². The van der Waals surface area contributed by atoms with Gasteiger partial charge in [-0.25, -0.2) is 4.79 Å². The number of carbonyl (C=O) groups excluding carboxylic acids is 1. The Morgan fingerprint density at radius 1 is 0.857 bits per heavy atom. The van der Waals surface area contributed by atoms with Crippen LogP contribution in [0.4, 0.5) is 0 Å². The third-order valence-electron chi connectivity index (χ3n) is 3.46. The van der Waals surface area contributed by atoms with Gasteiger partial charge in [-0.15, -0.1) is 0 Å². The summed E-state index contributed by atoms with van der Waals surface area (Å²) in [6, 6.07) is 16.0. The molecular weight excluding hydrogens is 260 g/mol. The van der Waals surface area contributed by atoms with Gasteiger partial charge in [0.25, 0.3) is 0 Å². The van der Waals surface area contributed by atoms with Gasteiger partial charge in [-0.2, -0.15) is 0 Å². The standard InChI is InChI=1S/C19H16O2/c1-13-3-7-15(8-4-13)11-17-12-18(21-19(17)20)16-9-5-14(2)6-10-16/h3-12H,1-2H3/b17-11+.